The van der Waals surface area contributed by atoms with E-state index < -0.39 is 5.60 Å². The molecule has 2 N–H and O–H groups in total. The van der Waals surface area contributed by atoms with Crippen LogP contribution in [0.15, 0.2) is 24.3 Å². The van der Waals surface area contributed by atoms with E-state index in [9.17, 15) is 9.90 Å². The number of aryl methyl sites for hydroxylation is 1. The van der Waals surface area contributed by atoms with E-state index in [1.54, 1.807) is 6.92 Å². The highest BCUT2D eigenvalue weighted by atomic mass is 16.5. The molecule has 0 radical (unpaired) electrons. The molecule has 1 aromatic rings. The van der Waals surface area contributed by atoms with Crippen LogP contribution in [-0.2, 0) is 9.53 Å². The Morgan fingerprint density at radius 2 is 2.08 bits per heavy atom. The lowest BCUT2D eigenvalue weighted by atomic mass is 10.0. The molecule has 0 unspecified atom stereocenters. The number of benzene rings is 1. The van der Waals surface area contributed by atoms with Crippen LogP contribution in [0.3, 0.4) is 0 Å². The number of β-amino-alcohol motifs (C(OH)–C–C–N with tert-alkyl or cyclic N) is 1. The zero-order chi connectivity index (χ0) is 17.2. The summed E-state index contributed by atoms with van der Waals surface area (Å²) in [6.45, 7) is 7.82. The molecule has 1 saturated carbocycles. The van der Waals surface area contributed by atoms with Gasteiger partial charge in [0.1, 0.15) is 0 Å². The highest BCUT2D eigenvalue weighted by Crippen LogP contribution is 2.48. The Balaban J connectivity index is 1.46. The van der Waals surface area contributed by atoms with Crippen molar-refractivity contribution in [2.24, 2.45) is 5.92 Å². The summed E-state index contributed by atoms with van der Waals surface area (Å²) in [4.78, 5) is 14.6. The topological polar surface area (TPSA) is 61.8 Å². The first-order valence-corrected chi connectivity index (χ1v) is 8.82. The van der Waals surface area contributed by atoms with Gasteiger partial charge in [-0.25, -0.2) is 0 Å². The number of morpholine rings is 1. The molecular formula is C19H28N2O3. The predicted molar refractivity (Wildman–Crippen MR) is 92.9 cm³/mol. The SMILES string of the molecule is Cc1ccccc1[C@H]1C[C@@H]1C(=O)NC[C@](C)(O)CN1CCOCC1. The fourth-order valence-corrected chi connectivity index (χ4v) is 3.54. The van der Waals surface area contributed by atoms with Gasteiger partial charge in [-0.1, -0.05) is 24.3 Å². The molecule has 2 fully saturated rings. The fourth-order valence-electron chi connectivity index (χ4n) is 3.54. The molecule has 0 aromatic heterocycles. The highest BCUT2D eigenvalue weighted by Gasteiger charge is 2.44. The highest BCUT2D eigenvalue weighted by molar-refractivity contribution is 5.83. The van der Waals surface area contributed by atoms with Gasteiger partial charge in [-0.2, -0.15) is 0 Å². The largest absolute Gasteiger partial charge is 0.387 e. The Hall–Kier alpha value is -1.43. The van der Waals surface area contributed by atoms with Crippen molar-refractivity contribution in [1.82, 2.24) is 10.2 Å². The second-order valence-corrected chi connectivity index (χ2v) is 7.41. The lowest BCUT2D eigenvalue weighted by Gasteiger charge is -2.33. The molecule has 1 heterocycles. The van der Waals surface area contributed by atoms with Gasteiger partial charge in [0, 0.05) is 32.1 Å². The van der Waals surface area contributed by atoms with E-state index in [2.05, 4.69) is 29.3 Å². The van der Waals surface area contributed by atoms with Gasteiger partial charge in [0.15, 0.2) is 0 Å². The van der Waals surface area contributed by atoms with Crippen LogP contribution in [0.5, 0.6) is 0 Å². The fraction of sp³-hybridized carbons (Fsp3) is 0.632. The average molecular weight is 332 g/mol. The summed E-state index contributed by atoms with van der Waals surface area (Å²) < 4.78 is 5.32. The first-order chi connectivity index (χ1) is 11.5. The Morgan fingerprint density at radius 3 is 2.79 bits per heavy atom. The standard InChI is InChI=1S/C19H28N2O3/c1-14-5-3-4-6-15(14)16-11-17(16)18(22)20-12-19(2,23)13-21-7-9-24-10-8-21/h3-6,16-17,23H,7-13H2,1-2H3,(H,20,22)/t16-,17+,19+/m1/s1. The van der Waals surface area contributed by atoms with Gasteiger partial charge in [-0.05, 0) is 37.3 Å². The first-order valence-electron chi connectivity index (χ1n) is 8.82. The zero-order valence-electron chi connectivity index (χ0n) is 14.6. The summed E-state index contributed by atoms with van der Waals surface area (Å²) in [5.74, 6) is 0.436. The summed E-state index contributed by atoms with van der Waals surface area (Å²) in [5, 5.41) is 13.5. The minimum atomic E-state index is -0.917. The molecule has 1 amide bonds. The lowest BCUT2D eigenvalue weighted by molar-refractivity contribution is -0.123. The Kier molecular flexibility index (Phi) is 5.23. The van der Waals surface area contributed by atoms with Crippen LogP contribution in [-0.4, -0.2) is 60.9 Å². The van der Waals surface area contributed by atoms with Gasteiger partial charge >= 0.3 is 0 Å². The van der Waals surface area contributed by atoms with Gasteiger partial charge in [0.05, 0.1) is 18.8 Å². The van der Waals surface area contributed by atoms with Gasteiger partial charge in [0.25, 0.3) is 0 Å². The molecule has 1 aromatic carbocycles. The van der Waals surface area contributed by atoms with E-state index >= 15 is 0 Å². The Morgan fingerprint density at radius 1 is 1.38 bits per heavy atom. The smallest absolute Gasteiger partial charge is 0.223 e. The van der Waals surface area contributed by atoms with Gasteiger partial charge in [-0.15, -0.1) is 0 Å². The maximum absolute atomic E-state index is 12.4. The third-order valence-electron chi connectivity index (χ3n) is 5.03. The molecular weight excluding hydrogens is 304 g/mol. The first kappa shape index (κ1) is 17.4. The maximum Gasteiger partial charge on any atom is 0.223 e. The van der Waals surface area contributed by atoms with Crippen LogP contribution in [0.1, 0.15) is 30.4 Å². The molecule has 1 aliphatic carbocycles. The minimum absolute atomic E-state index is 0.0466. The molecule has 132 valence electrons. The van der Waals surface area contributed by atoms with Crippen molar-refractivity contribution in [3.8, 4) is 0 Å². The van der Waals surface area contributed by atoms with Crippen LogP contribution >= 0.6 is 0 Å². The van der Waals surface area contributed by atoms with Crippen molar-refractivity contribution in [1.29, 1.82) is 0 Å². The maximum atomic E-state index is 12.4. The molecule has 0 spiro atoms. The third kappa shape index (κ3) is 4.35. The van der Waals surface area contributed by atoms with E-state index in [4.69, 9.17) is 4.74 Å². The van der Waals surface area contributed by atoms with Crippen LogP contribution in [0.25, 0.3) is 0 Å². The Labute approximate surface area is 144 Å². The van der Waals surface area contributed by atoms with Crippen molar-refractivity contribution in [3.63, 3.8) is 0 Å². The van der Waals surface area contributed by atoms with Gasteiger partial charge in [0.2, 0.25) is 5.91 Å². The number of carbonyl (C=O) groups is 1. The molecule has 3 atom stereocenters. The quantitative estimate of drug-likeness (QED) is 0.824. The van der Waals surface area contributed by atoms with E-state index in [0.717, 1.165) is 19.5 Å². The van der Waals surface area contributed by atoms with E-state index in [0.29, 0.717) is 32.2 Å². The minimum Gasteiger partial charge on any atom is -0.387 e. The number of ether oxygens (including phenoxy) is 1. The third-order valence-corrected chi connectivity index (χ3v) is 5.03. The number of amides is 1. The number of carbonyl (C=O) groups excluding carboxylic acids is 1. The summed E-state index contributed by atoms with van der Waals surface area (Å²) in [7, 11) is 0. The summed E-state index contributed by atoms with van der Waals surface area (Å²) in [6.07, 6.45) is 0.905. The molecule has 24 heavy (non-hydrogen) atoms. The van der Waals surface area contributed by atoms with Crippen molar-refractivity contribution >= 4 is 5.91 Å². The molecule has 3 rings (SSSR count). The number of rotatable bonds is 6. The summed E-state index contributed by atoms with van der Waals surface area (Å²) in [6, 6.07) is 8.26. The van der Waals surface area contributed by atoms with Crippen molar-refractivity contribution in [2.75, 3.05) is 39.4 Å². The zero-order valence-corrected chi connectivity index (χ0v) is 14.6. The van der Waals surface area contributed by atoms with Crippen LogP contribution in [0.2, 0.25) is 0 Å². The molecule has 5 heteroatoms. The van der Waals surface area contributed by atoms with Gasteiger partial charge in [-0.3, -0.25) is 9.69 Å². The normalized spacial score (nSPS) is 26.6. The Bertz CT molecular complexity index is 582. The molecule has 1 saturated heterocycles. The number of aliphatic hydroxyl groups is 1. The number of hydrogen-bond donors (Lipinski definition) is 2. The number of nitrogens with zero attached hydrogens (tertiary/aromatic N) is 1. The van der Waals surface area contributed by atoms with Gasteiger partial charge < -0.3 is 15.2 Å². The van der Waals surface area contributed by atoms with E-state index in [1.807, 2.05) is 12.1 Å². The summed E-state index contributed by atoms with van der Waals surface area (Å²) in [5.41, 5.74) is 1.61. The van der Waals surface area contributed by atoms with Crippen molar-refractivity contribution in [2.45, 2.75) is 31.8 Å². The van der Waals surface area contributed by atoms with Crippen LogP contribution in [0, 0.1) is 12.8 Å². The van der Waals surface area contributed by atoms with Crippen molar-refractivity contribution in [3.05, 3.63) is 35.4 Å². The second-order valence-electron chi connectivity index (χ2n) is 7.41. The monoisotopic (exact) mass is 332 g/mol. The number of hydrogen-bond acceptors (Lipinski definition) is 4. The molecule has 2 aliphatic rings. The molecule has 0 bridgehead atoms. The average Bonchev–Trinajstić information content (AvgIpc) is 3.34. The predicted octanol–water partition coefficient (Wildman–Crippen LogP) is 1.30. The second kappa shape index (κ2) is 7.21. The van der Waals surface area contributed by atoms with Crippen LogP contribution < -0.4 is 5.32 Å². The molecule has 5 nitrogen and oxygen atoms in total. The summed E-state index contributed by atoms with van der Waals surface area (Å²) >= 11 is 0. The lowest BCUT2D eigenvalue weighted by Crippen LogP contribution is -2.51. The number of nitrogens with one attached hydrogen (secondary N) is 1. The van der Waals surface area contributed by atoms with E-state index in [1.165, 1.54) is 11.1 Å². The van der Waals surface area contributed by atoms with Crippen molar-refractivity contribution < 1.29 is 14.6 Å². The molecule has 1 aliphatic heterocycles. The van der Waals surface area contributed by atoms with Crippen LogP contribution in [0.4, 0.5) is 0 Å². The van der Waals surface area contributed by atoms with E-state index in [-0.39, 0.29) is 11.8 Å².